The lowest BCUT2D eigenvalue weighted by Gasteiger charge is -2.42. The molecule has 0 aliphatic carbocycles. The predicted octanol–water partition coefficient (Wildman–Crippen LogP) is 3.74. The van der Waals surface area contributed by atoms with Crippen molar-refractivity contribution in [2.24, 2.45) is 10.8 Å². The van der Waals surface area contributed by atoms with Crippen LogP contribution in [0.1, 0.15) is 41.5 Å². The maximum Gasteiger partial charge on any atom is 0.431 e. The van der Waals surface area contributed by atoms with E-state index in [1.54, 1.807) is 6.08 Å². The van der Waals surface area contributed by atoms with E-state index in [1.165, 1.54) is 6.20 Å². The molecule has 20 heavy (non-hydrogen) atoms. The van der Waals surface area contributed by atoms with E-state index < -0.39 is 17.6 Å². The van der Waals surface area contributed by atoms with E-state index in [1.807, 2.05) is 41.5 Å². The Bertz CT molecular complexity index is 492. The van der Waals surface area contributed by atoms with Crippen LogP contribution in [-0.4, -0.2) is 32.4 Å². The predicted molar refractivity (Wildman–Crippen MR) is 74.8 cm³/mol. The maximum atomic E-state index is 11.6. The van der Waals surface area contributed by atoms with Crippen molar-refractivity contribution >= 4 is 12.2 Å². The zero-order valence-electron chi connectivity index (χ0n) is 12.8. The van der Waals surface area contributed by atoms with Crippen LogP contribution in [0.2, 0.25) is 0 Å². The number of amides is 2. The number of rotatable bonds is 0. The normalized spacial score (nSPS) is 16.7. The van der Waals surface area contributed by atoms with Gasteiger partial charge in [0.1, 0.15) is 0 Å². The van der Waals surface area contributed by atoms with Gasteiger partial charge in [-0.25, -0.2) is 9.59 Å². The van der Waals surface area contributed by atoms with Crippen molar-refractivity contribution in [3.63, 3.8) is 0 Å². The smallest absolute Gasteiger partial charge is 0.431 e. The quantitative estimate of drug-likeness (QED) is 0.709. The molecule has 6 heteroatoms. The average molecular weight is 282 g/mol. The number of hydrogen-bond donors (Lipinski definition) is 2. The van der Waals surface area contributed by atoms with Crippen LogP contribution in [-0.2, 0) is 0 Å². The van der Waals surface area contributed by atoms with Gasteiger partial charge in [0.2, 0.25) is 0 Å². The first-order valence-corrected chi connectivity index (χ1v) is 6.36. The second-order valence-electron chi connectivity index (χ2n) is 6.80. The summed E-state index contributed by atoms with van der Waals surface area (Å²) >= 11 is 0. The first kappa shape index (κ1) is 16.1. The lowest BCUT2D eigenvalue weighted by Crippen LogP contribution is -2.50. The first-order chi connectivity index (χ1) is 8.87. The van der Waals surface area contributed by atoms with Crippen molar-refractivity contribution in [2.75, 3.05) is 0 Å². The van der Waals surface area contributed by atoms with Gasteiger partial charge >= 0.3 is 12.2 Å². The molecule has 0 spiro atoms. The number of nitrogens with zero attached hydrogens (tertiary/aromatic N) is 2. The topological polar surface area (TPSA) is 81.1 Å². The van der Waals surface area contributed by atoms with Gasteiger partial charge < -0.3 is 10.2 Å². The fourth-order valence-corrected chi connectivity index (χ4v) is 2.18. The van der Waals surface area contributed by atoms with E-state index in [-0.39, 0.29) is 5.41 Å². The monoisotopic (exact) mass is 282 g/mol. The maximum absolute atomic E-state index is 11.6. The van der Waals surface area contributed by atoms with Crippen LogP contribution in [0.3, 0.4) is 0 Å². The van der Waals surface area contributed by atoms with E-state index in [0.29, 0.717) is 10.7 Å². The lowest BCUT2D eigenvalue weighted by atomic mass is 9.77. The van der Waals surface area contributed by atoms with E-state index in [0.717, 1.165) is 10.6 Å². The molecule has 2 amide bonds. The van der Waals surface area contributed by atoms with Gasteiger partial charge in [-0.3, -0.25) is 0 Å². The van der Waals surface area contributed by atoms with Gasteiger partial charge in [0.15, 0.2) is 0 Å². The Morgan fingerprint density at radius 2 is 1.45 bits per heavy atom. The molecule has 0 aromatic rings. The van der Waals surface area contributed by atoms with Gasteiger partial charge in [-0.2, -0.15) is 10.0 Å². The van der Waals surface area contributed by atoms with Gasteiger partial charge in [0.25, 0.3) is 0 Å². The molecular weight excluding hydrogens is 260 g/mol. The van der Waals surface area contributed by atoms with Crippen LogP contribution >= 0.6 is 0 Å². The molecule has 0 aromatic carbocycles. The van der Waals surface area contributed by atoms with Gasteiger partial charge in [-0.05, 0) is 17.1 Å². The molecule has 0 unspecified atom stereocenters. The van der Waals surface area contributed by atoms with E-state index >= 15 is 0 Å². The molecule has 0 fully saturated rings. The Kier molecular flexibility index (Phi) is 3.90. The highest BCUT2D eigenvalue weighted by Gasteiger charge is 2.40. The summed E-state index contributed by atoms with van der Waals surface area (Å²) in [6.07, 6.45) is 0.294. The van der Waals surface area contributed by atoms with E-state index in [2.05, 4.69) is 0 Å². The third kappa shape index (κ3) is 2.95. The Morgan fingerprint density at radius 3 is 1.75 bits per heavy atom. The molecule has 0 saturated heterocycles. The van der Waals surface area contributed by atoms with Gasteiger partial charge in [0.05, 0.1) is 5.70 Å². The summed E-state index contributed by atoms with van der Waals surface area (Å²) < 4.78 is 0. The molecule has 1 aliphatic heterocycles. The highest BCUT2D eigenvalue weighted by Crippen LogP contribution is 2.41. The molecule has 0 atom stereocenters. The number of allylic oxidation sites excluding steroid dienone is 3. The minimum atomic E-state index is -1.33. The van der Waals surface area contributed by atoms with Gasteiger partial charge in [0, 0.05) is 11.6 Å². The summed E-state index contributed by atoms with van der Waals surface area (Å²) in [6, 6.07) is 0. The minimum Gasteiger partial charge on any atom is -0.463 e. The number of carboxylic acid groups (broad SMARTS) is 2. The summed E-state index contributed by atoms with van der Waals surface area (Å²) in [5.74, 6) is 0. The molecule has 0 saturated carbocycles. The fraction of sp³-hybridized carbons (Fsp3) is 0.571. The van der Waals surface area contributed by atoms with Crippen molar-refractivity contribution in [3.05, 3.63) is 23.5 Å². The molecule has 1 rings (SSSR count). The molecule has 6 nitrogen and oxygen atoms in total. The Morgan fingerprint density at radius 1 is 0.950 bits per heavy atom. The van der Waals surface area contributed by atoms with Crippen LogP contribution in [0.5, 0.6) is 0 Å². The van der Waals surface area contributed by atoms with Crippen molar-refractivity contribution in [2.45, 2.75) is 41.5 Å². The molecule has 112 valence electrons. The van der Waals surface area contributed by atoms with Crippen LogP contribution < -0.4 is 0 Å². The highest BCUT2D eigenvalue weighted by atomic mass is 16.4. The summed E-state index contributed by atoms with van der Waals surface area (Å²) in [5, 5.41) is 20.1. The third-order valence-corrected chi connectivity index (χ3v) is 2.96. The molecular formula is C14H22N2O4. The average Bonchev–Trinajstić information content (AvgIpc) is 2.24. The lowest BCUT2D eigenvalue weighted by molar-refractivity contribution is 0.0360. The molecule has 0 aromatic heterocycles. The molecule has 0 radical (unpaired) electrons. The summed E-state index contributed by atoms with van der Waals surface area (Å²) in [6.45, 7) is 11.5. The van der Waals surface area contributed by atoms with Crippen LogP contribution in [0.15, 0.2) is 23.5 Å². The second kappa shape index (κ2) is 4.85. The Hall–Kier alpha value is -1.98. The van der Waals surface area contributed by atoms with Crippen molar-refractivity contribution in [1.29, 1.82) is 0 Å². The zero-order valence-corrected chi connectivity index (χ0v) is 12.8. The Balaban J connectivity index is 3.60. The molecule has 2 N–H and O–H groups in total. The minimum absolute atomic E-state index is 0.294. The molecule has 1 heterocycles. The van der Waals surface area contributed by atoms with Crippen molar-refractivity contribution in [3.8, 4) is 0 Å². The van der Waals surface area contributed by atoms with Crippen molar-refractivity contribution < 1.29 is 19.8 Å². The molecule has 0 bridgehead atoms. The second-order valence-corrected chi connectivity index (χ2v) is 6.80. The number of carbonyl (C=O) groups is 2. The standard InChI is InChI=1S/C14H22N2O4/c1-13(2,3)9-7-8-15(11(17)18)16(12(19)20)10(9)14(4,5)6/h7-8H,1-6H3,(H,17,18)(H,19,20). The highest BCUT2D eigenvalue weighted by molar-refractivity contribution is 5.76. The van der Waals surface area contributed by atoms with Gasteiger partial charge in [-0.1, -0.05) is 41.5 Å². The van der Waals surface area contributed by atoms with Crippen LogP contribution in [0, 0.1) is 10.8 Å². The zero-order chi connectivity index (χ0) is 15.9. The third-order valence-electron chi connectivity index (χ3n) is 2.96. The summed E-state index contributed by atoms with van der Waals surface area (Å²) in [5.41, 5.74) is 0.476. The number of hydrazine groups is 1. The molecule has 1 aliphatic rings. The Labute approximate surface area is 118 Å². The summed E-state index contributed by atoms with van der Waals surface area (Å²) in [4.78, 5) is 22.8. The van der Waals surface area contributed by atoms with Crippen molar-refractivity contribution in [1.82, 2.24) is 10.0 Å². The first-order valence-electron chi connectivity index (χ1n) is 6.36. The van der Waals surface area contributed by atoms with Crippen LogP contribution in [0.4, 0.5) is 9.59 Å². The number of hydrogen-bond acceptors (Lipinski definition) is 2. The SMILES string of the molecule is CC(C)(C)C1=C(C(C)(C)C)N(C(=O)O)N(C(=O)O)C=C1. The summed E-state index contributed by atoms with van der Waals surface area (Å²) in [7, 11) is 0. The van der Waals surface area contributed by atoms with Gasteiger partial charge in [-0.15, -0.1) is 0 Å². The fourth-order valence-electron chi connectivity index (χ4n) is 2.18. The largest absolute Gasteiger partial charge is 0.463 e. The van der Waals surface area contributed by atoms with Crippen LogP contribution in [0.25, 0.3) is 0 Å². The van der Waals surface area contributed by atoms with E-state index in [4.69, 9.17) is 0 Å². The van der Waals surface area contributed by atoms with E-state index in [9.17, 15) is 19.8 Å².